The van der Waals surface area contributed by atoms with Gasteiger partial charge in [0.2, 0.25) is 0 Å². The van der Waals surface area contributed by atoms with Crippen LogP contribution >= 0.6 is 17.0 Å². The van der Waals surface area contributed by atoms with Gasteiger partial charge < -0.3 is 0 Å². The van der Waals surface area contributed by atoms with E-state index in [4.69, 9.17) is 17.0 Å². The molecule has 4 heteroatoms. The number of halogens is 2. The molecule has 1 atom stereocenters. The summed E-state index contributed by atoms with van der Waals surface area (Å²) in [6.07, 6.45) is 13.0. The summed E-state index contributed by atoms with van der Waals surface area (Å²) in [7, 11) is 11.2. The van der Waals surface area contributed by atoms with E-state index in [-0.39, 0.29) is 5.43 Å². The van der Waals surface area contributed by atoms with Crippen molar-refractivity contribution in [1.29, 1.82) is 0 Å². The van der Waals surface area contributed by atoms with E-state index in [2.05, 4.69) is 37.7 Å². The first-order chi connectivity index (χ1) is 7.11. The first kappa shape index (κ1) is 14.1. The molecule has 0 aromatic rings. The third-order valence-corrected chi connectivity index (χ3v) is 22.3. The number of rotatable bonds is 0. The van der Waals surface area contributed by atoms with Gasteiger partial charge in [-0.15, -0.1) is 18.6 Å². The summed E-state index contributed by atoms with van der Waals surface area (Å²) in [5, 5.41) is 0. The van der Waals surface area contributed by atoms with Gasteiger partial charge >= 0.3 is 53.5 Å². The molecule has 0 aromatic carbocycles. The van der Waals surface area contributed by atoms with Crippen LogP contribution in [-0.4, -0.2) is 5.43 Å². The standard InChI is InChI=1S/C9H11.C2H6Si.2ClH.Zr/c1-2-5-9-7-3-6-8(9)4-1;1-3-2;;;/h1-2,4,6,9H,3,5,7H2;1-2H3;2*1H;/q-1;;;;+2/p-2. The average molecular weight is 339 g/mol. The molecule has 0 saturated heterocycles. The molecule has 0 bridgehead atoms. The minimum atomic E-state index is -1.65. The van der Waals surface area contributed by atoms with E-state index in [1.165, 1.54) is 19.3 Å². The summed E-state index contributed by atoms with van der Waals surface area (Å²) in [6, 6.07) is 0. The van der Waals surface area contributed by atoms with Crippen LogP contribution in [0.5, 0.6) is 0 Å². The molecule has 2 aliphatic rings. The van der Waals surface area contributed by atoms with E-state index in [1.54, 1.807) is 5.57 Å². The summed E-state index contributed by atoms with van der Waals surface area (Å²) >= 11 is -1.65. The summed E-state index contributed by atoms with van der Waals surface area (Å²) < 4.78 is 0. The second-order valence-electron chi connectivity index (χ2n) is 4.07. The maximum atomic E-state index is 5.62. The first-order valence-electron chi connectivity index (χ1n) is 5.29. The fourth-order valence-electron chi connectivity index (χ4n) is 1.66. The third kappa shape index (κ3) is 5.26. The zero-order chi connectivity index (χ0) is 11.3. The van der Waals surface area contributed by atoms with Gasteiger partial charge in [-0.3, -0.25) is 0 Å². The molecule has 1 fully saturated rings. The van der Waals surface area contributed by atoms with Crippen molar-refractivity contribution in [3.05, 3.63) is 30.2 Å². The first-order valence-corrected chi connectivity index (χ1v) is 17.8. The maximum absolute atomic E-state index is 5.62. The van der Waals surface area contributed by atoms with Crippen molar-refractivity contribution in [2.24, 2.45) is 5.92 Å². The quantitative estimate of drug-likeness (QED) is 0.445. The predicted octanol–water partition coefficient (Wildman–Crippen LogP) is 4.65. The SMILES string of the molecule is C1=CCC2CC[CH-]C2=C1.C[Si](C)=[Zr]([Cl])[Cl]. The zero-order valence-electron chi connectivity index (χ0n) is 9.26. The van der Waals surface area contributed by atoms with Crippen LogP contribution in [0, 0.1) is 12.3 Å². The molecule has 0 spiro atoms. The molecule has 0 N–H and O–H groups in total. The van der Waals surface area contributed by atoms with Crippen molar-refractivity contribution in [2.45, 2.75) is 32.4 Å². The second-order valence-corrected chi connectivity index (χ2v) is 27.0. The third-order valence-electron chi connectivity index (χ3n) is 2.59. The van der Waals surface area contributed by atoms with Gasteiger partial charge in [-0.25, -0.2) is 18.1 Å². The van der Waals surface area contributed by atoms with Gasteiger partial charge in [0.15, 0.2) is 0 Å². The van der Waals surface area contributed by atoms with Crippen LogP contribution in [0.15, 0.2) is 23.8 Å². The van der Waals surface area contributed by atoms with Crippen LogP contribution in [0.2, 0.25) is 13.1 Å². The minimum absolute atomic E-state index is 0.224. The van der Waals surface area contributed by atoms with Crippen LogP contribution in [0.1, 0.15) is 19.3 Å². The van der Waals surface area contributed by atoms with Crippen LogP contribution in [0.25, 0.3) is 0 Å². The zero-order valence-corrected chi connectivity index (χ0v) is 14.2. The Labute approximate surface area is 108 Å². The summed E-state index contributed by atoms with van der Waals surface area (Å²) in [6.45, 7) is 4.33. The second kappa shape index (κ2) is 7.37. The van der Waals surface area contributed by atoms with Gasteiger partial charge in [0.25, 0.3) is 0 Å². The monoisotopic (exact) mass is 337 g/mol. The van der Waals surface area contributed by atoms with E-state index in [9.17, 15) is 0 Å². The molecule has 15 heavy (non-hydrogen) atoms. The summed E-state index contributed by atoms with van der Waals surface area (Å²) in [5.74, 6) is 0.884. The van der Waals surface area contributed by atoms with Crippen LogP contribution in [0.3, 0.4) is 0 Å². The Hall–Kier alpha value is 1.03. The van der Waals surface area contributed by atoms with Crippen molar-refractivity contribution < 1.29 is 18.0 Å². The summed E-state index contributed by atoms with van der Waals surface area (Å²) in [4.78, 5) is 0. The Morgan fingerprint density at radius 3 is 2.67 bits per heavy atom. The molecule has 1 unspecified atom stereocenters. The molecule has 0 aliphatic heterocycles. The van der Waals surface area contributed by atoms with Gasteiger partial charge in [-0.05, 0) is 12.3 Å². The molecule has 0 nitrogen and oxygen atoms in total. The topological polar surface area (TPSA) is 0 Å². The van der Waals surface area contributed by atoms with Crippen molar-refractivity contribution in [3.8, 4) is 0 Å². The van der Waals surface area contributed by atoms with Crippen molar-refractivity contribution in [1.82, 2.24) is 0 Å². The predicted molar refractivity (Wildman–Crippen MR) is 68.1 cm³/mol. The van der Waals surface area contributed by atoms with Crippen molar-refractivity contribution in [2.75, 3.05) is 0 Å². The summed E-state index contributed by atoms with van der Waals surface area (Å²) in [5.41, 5.74) is 1.36. The Morgan fingerprint density at radius 2 is 2.13 bits per heavy atom. The molecule has 0 heterocycles. The van der Waals surface area contributed by atoms with Gasteiger partial charge in [-0.1, -0.05) is 6.42 Å². The Kier molecular flexibility index (Phi) is 6.93. The Morgan fingerprint density at radius 1 is 1.47 bits per heavy atom. The van der Waals surface area contributed by atoms with Crippen LogP contribution in [-0.2, 0) is 18.0 Å². The van der Waals surface area contributed by atoms with Gasteiger partial charge in [0.1, 0.15) is 0 Å². The molecular formula is C11H17Cl2SiZr-. The normalized spacial score (nSPS) is 21.9. The van der Waals surface area contributed by atoms with E-state index >= 15 is 0 Å². The molecule has 2 rings (SSSR count). The fourth-order valence-corrected chi connectivity index (χ4v) is 1.66. The van der Waals surface area contributed by atoms with E-state index in [1.807, 2.05) is 0 Å². The van der Waals surface area contributed by atoms with Crippen LogP contribution in [0.4, 0.5) is 0 Å². The molecule has 0 aromatic heterocycles. The molecule has 1 saturated carbocycles. The van der Waals surface area contributed by atoms with Crippen molar-refractivity contribution in [3.63, 3.8) is 0 Å². The van der Waals surface area contributed by atoms with E-state index < -0.39 is 18.0 Å². The van der Waals surface area contributed by atoms with Gasteiger partial charge in [0, 0.05) is 0 Å². The molecular weight excluding hydrogens is 322 g/mol. The van der Waals surface area contributed by atoms with E-state index in [0.717, 1.165) is 5.92 Å². The van der Waals surface area contributed by atoms with Gasteiger partial charge in [-0.2, -0.15) is 0 Å². The number of fused-ring (bicyclic) bond motifs is 1. The van der Waals surface area contributed by atoms with Crippen LogP contribution < -0.4 is 0 Å². The Balaban J connectivity index is 0.000000167. The number of hydrogen-bond acceptors (Lipinski definition) is 0. The molecule has 2 aliphatic carbocycles. The number of allylic oxidation sites excluding steroid dienone is 4. The van der Waals surface area contributed by atoms with E-state index in [0.29, 0.717) is 0 Å². The average Bonchev–Trinajstić information content (AvgIpc) is 2.66. The number of hydrogen-bond donors (Lipinski definition) is 0. The molecule has 0 radical (unpaired) electrons. The Bertz CT molecular complexity index is 290. The fraction of sp³-hybridized carbons (Fsp3) is 0.545. The molecule has 0 amide bonds. The molecule has 84 valence electrons. The van der Waals surface area contributed by atoms with Crippen molar-refractivity contribution >= 4 is 22.5 Å². The van der Waals surface area contributed by atoms with Gasteiger partial charge in [0.05, 0.1) is 0 Å².